The molecule has 1 heterocycles. The molecule has 1 aliphatic heterocycles. The molecule has 172 valence electrons. The normalized spacial score (nSPS) is 17.8. The third kappa shape index (κ3) is 3.86. The average Bonchev–Trinajstić information content (AvgIpc) is 3.34. The minimum Gasteiger partial charge on any atom is -0.448 e. The molecule has 0 bridgehead atoms. The van der Waals surface area contributed by atoms with Crippen molar-refractivity contribution in [3.63, 3.8) is 0 Å². The second-order valence-electron chi connectivity index (χ2n) is 9.17. The number of nitrogens with zero attached hydrogens (tertiary/aromatic N) is 2. The van der Waals surface area contributed by atoms with E-state index < -0.39 is 11.6 Å². The van der Waals surface area contributed by atoms with E-state index in [0.29, 0.717) is 12.8 Å². The van der Waals surface area contributed by atoms with Crippen LogP contribution in [-0.2, 0) is 14.3 Å². The molecule has 2 aromatic carbocycles. The summed E-state index contributed by atoms with van der Waals surface area (Å²) >= 11 is 0. The zero-order valence-electron chi connectivity index (χ0n) is 18.9. The number of rotatable bonds is 6. The Labute approximate surface area is 193 Å². The van der Waals surface area contributed by atoms with Gasteiger partial charge in [-0.1, -0.05) is 48.5 Å². The third-order valence-corrected chi connectivity index (χ3v) is 7.26. The van der Waals surface area contributed by atoms with Gasteiger partial charge in [0.05, 0.1) is 6.54 Å². The summed E-state index contributed by atoms with van der Waals surface area (Å²) in [5.74, 6) is -0.386. The predicted octanol–water partition coefficient (Wildman–Crippen LogP) is 3.14. The van der Waals surface area contributed by atoms with Crippen LogP contribution in [-0.4, -0.2) is 66.5 Å². The summed E-state index contributed by atoms with van der Waals surface area (Å²) in [7, 11) is 1.60. The molecule has 7 heteroatoms. The van der Waals surface area contributed by atoms with Crippen molar-refractivity contribution in [1.29, 1.82) is 0 Å². The standard InChI is InChI=1S/C26H29N3O4/c1-28(26(12-13-26)24(31)27-16-23(30)29-14-6-7-15-29)25(32)33-17-22-20-10-4-2-8-18(20)19-9-3-5-11-21(19)22/h2-5,8-11,22H,6-7,12-17H2,1H3,(H,27,31). The van der Waals surface area contributed by atoms with E-state index in [1.54, 1.807) is 11.9 Å². The third-order valence-electron chi connectivity index (χ3n) is 7.26. The number of amides is 3. The largest absolute Gasteiger partial charge is 0.448 e. The first-order chi connectivity index (χ1) is 16.0. The fraction of sp³-hybridized carbons (Fsp3) is 0.423. The fourth-order valence-corrected chi connectivity index (χ4v) is 5.10. The molecular weight excluding hydrogens is 418 g/mol. The van der Waals surface area contributed by atoms with Crippen LogP contribution in [0.1, 0.15) is 42.7 Å². The van der Waals surface area contributed by atoms with Gasteiger partial charge in [-0.15, -0.1) is 0 Å². The van der Waals surface area contributed by atoms with Crippen LogP contribution in [0, 0.1) is 0 Å². The maximum Gasteiger partial charge on any atom is 0.410 e. The predicted molar refractivity (Wildman–Crippen MR) is 124 cm³/mol. The van der Waals surface area contributed by atoms with Gasteiger partial charge in [-0.05, 0) is 47.9 Å². The van der Waals surface area contributed by atoms with E-state index in [0.717, 1.165) is 37.1 Å². The number of carbonyl (C=O) groups excluding carboxylic acids is 3. The number of hydrogen-bond donors (Lipinski definition) is 1. The van der Waals surface area contributed by atoms with Crippen molar-refractivity contribution in [2.45, 2.75) is 37.1 Å². The summed E-state index contributed by atoms with van der Waals surface area (Å²) in [4.78, 5) is 41.2. The molecule has 33 heavy (non-hydrogen) atoms. The van der Waals surface area contributed by atoms with Crippen molar-refractivity contribution < 1.29 is 19.1 Å². The smallest absolute Gasteiger partial charge is 0.410 e. The van der Waals surface area contributed by atoms with Crippen molar-refractivity contribution in [2.24, 2.45) is 0 Å². The zero-order valence-corrected chi connectivity index (χ0v) is 18.9. The van der Waals surface area contributed by atoms with Gasteiger partial charge in [0.25, 0.3) is 0 Å². The van der Waals surface area contributed by atoms with Gasteiger partial charge in [-0.3, -0.25) is 14.5 Å². The fourth-order valence-electron chi connectivity index (χ4n) is 5.10. The lowest BCUT2D eigenvalue weighted by atomic mass is 9.98. The Morgan fingerprint density at radius 2 is 1.58 bits per heavy atom. The summed E-state index contributed by atoms with van der Waals surface area (Å²) in [5, 5.41) is 2.74. The molecule has 1 saturated heterocycles. The summed E-state index contributed by atoms with van der Waals surface area (Å²) in [6.07, 6.45) is 2.63. The molecule has 2 aromatic rings. The quantitative estimate of drug-likeness (QED) is 0.738. The number of hydrogen-bond acceptors (Lipinski definition) is 4. The van der Waals surface area contributed by atoms with Gasteiger partial charge in [-0.25, -0.2) is 4.79 Å². The van der Waals surface area contributed by atoms with E-state index in [-0.39, 0.29) is 30.9 Å². The lowest BCUT2D eigenvalue weighted by molar-refractivity contribution is -0.133. The van der Waals surface area contributed by atoms with Gasteiger partial charge in [0, 0.05) is 26.1 Å². The van der Waals surface area contributed by atoms with E-state index in [1.165, 1.54) is 16.0 Å². The Morgan fingerprint density at radius 1 is 1.00 bits per heavy atom. The molecule has 2 fully saturated rings. The van der Waals surface area contributed by atoms with Gasteiger partial charge in [0.15, 0.2) is 0 Å². The molecule has 1 N–H and O–H groups in total. The van der Waals surface area contributed by atoms with Crippen molar-refractivity contribution in [2.75, 3.05) is 33.3 Å². The number of carbonyl (C=O) groups is 3. The minimum atomic E-state index is -0.923. The molecule has 1 saturated carbocycles. The molecule has 0 atom stereocenters. The molecule has 0 aromatic heterocycles. The second-order valence-corrected chi connectivity index (χ2v) is 9.17. The average molecular weight is 448 g/mol. The Morgan fingerprint density at radius 3 is 2.15 bits per heavy atom. The summed E-state index contributed by atoms with van der Waals surface area (Å²) in [6.45, 7) is 1.68. The van der Waals surface area contributed by atoms with Crippen LogP contribution in [0.3, 0.4) is 0 Å². The number of benzene rings is 2. The first kappa shape index (κ1) is 21.5. The van der Waals surface area contributed by atoms with E-state index in [1.807, 2.05) is 24.3 Å². The van der Waals surface area contributed by atoms with Crippen LogP contribution < -0.4 is 5.32 Å². The molecule has 7 nitrogen and oxygen atoms in total. The molecule has 5 rings (SSSR count). The SMILES string of the molecule is CN(C(=O)OCC1c2ccccc2-c2ccccc21)C1(C(=O)NCC(=O)N2CCCC2)CC1. The highest BCUT2D eigenvalue weighted by molar-refractivity contribution is 5.95. The monoisotopic (exact) mass is 447 g/mol. The number of fused-ring (bicyclic) bond motifs is 3. The topological polar surface area (TPSA) is 79.0 Å². The van der Waals surface area contributed by atoms with Crippen LogP contribution in [0.5, 0.6) is 0 Å². The number of likely N-dealkylation sites (tertiary alicyclic amines) is 1. The van der Waals surface area contributed by atoms with Gasteiger partial charge in [0.2, 0.25) is 11.8 Å². The molecule has 3 aliphatic rings. The van der Waals surface area contributed by atoms with Crippen LogP contribution in [0.2, 0.25) is 0 Å². The highest BCUT2D eigenvalue weighted by Gasteiger charge is 2.55. The highest BCUT2D eigenvalue weighted by Crippen LogP contribution is 2.45. The van der Waals surface area contributed by atoms with E-state index in [4.69, 9.17) is 4.74 Å². The highest BCUT2D eigenvalue weighted by atomic mass is 16.6. The van der Waals surface area contributed by atoms with Crippen LogP contribution >= 0.6 is 0 Å². The van der Waals surface area contributed by atoms with E-state index >= 15 is 0 Å². The lowest BCUT2D eigenvalue weighted by Crippen LogP contribution is -2.52. The van der Waals surface area contributed by atoms with Crippen LogP contribution in [0.25, 0.3) is 11.1 Å². The van der Waals surface area contributed by atoms with Crippen LogP contribution in [0.4, 0.5) is 4.79 Å². The lowest BCUT2D eigenvalue weighted by Gasteiger charge is -2.27. The van der Waals surface area contributed by atoms with Gasteiger partial charge in [0.1, 0.15) is 12.1 Å². The van der Waals surface area contributed by atoms with Crippen LogP contribution in [0.15, 0.2) is 48.5 Å². The van der Waals surface area contributed by atoms with Crippen molar-refractivity contribution in [3.8, 4) is 11.1 Å². The molecular formula is C26H29N3O4. The summed E-state index contributed by atoms with van der Waals surface area (Å²) < 4.78 is 5.72. The molecule has 0 unspecified atom stereocenters. The van der Waals surface area contributed by atoms with Gasteiger partial charge >= 0.3 is 6.09 Å². The molecule has 0 spiro atoms. The Bertz CT molecular complexity index is 1040. The van der Waals surface area contributed by atoms with E-state index in [9.17, 15) is 14.4 Å². The number of likely N-dealkylation sites (N-methyl/N-ethyl adjacent to an activating group) is 1. The Hall–Kier alpha value is -3.35. The minimum absolute atomic E-state index is 0.0287. The number of ether oxygens (including phenoxy) is 1. The molecule has 3 amide bonds. The number of nitrogens with one attached hydrogen (secondary N) is 1. The maximum atomic E-state index is 12.9. The second kappa shape index (κ2) is 8.54. The van der Waals surface area contributed by atoms with Gasteiger partial charge < -0.3 is 15.0 Å². The van der Waals surface area contributed by atoms with Crippen molar-refractivity contribution in [3.05, 3.63) is 59.7 Å². The molecule has 2 aliphatic carbocycles. The van der Waals surface area contributed by atoms with Crippen molar-refractivity contribution >= 4 is 17.9 Å². The Kier molecular flexibility index (Phi) is 5.56. The Balaban J connectivity index is 1.21. The molecule has 0 radical (unpaired) electrons. The first-order valence-corrected chi connectivity index (χ1v) is 11.7. The van der Waals surface area contributed by atoms with Gasteiger partial charge in [-0.2, -0.15) is 0 Å². The van der Waals surface area contributed by atoms with E-state index in [2.05, 4.69) is 29.6 Å². The summed E-state index contributed by atoms with van der Waals surface area (Å²) in [5.41, 5.74) is 3.71. The van der Waals surface area contributed by atoms with Crippen molar-refractivity contribution in [1.82, 2.24) is 15.1 Å². The first-order valence-electron chi connectivity index (χ1n) is 11.7. The summed E-state index contributed by atoms with van der Waals surface area (Å²) in [6, 6.07) is 16.4. The zero-order chi connectivity index (χ0) is 23.0. The maximum absolute atomic E-state index is 12.9.